The highest BCUT2D eigenvalue weighted by Crippen LogP contribution is 2.52. The van der Waals surface area contributed by atoms with E-state index in [0.29, 0.717) is 12.8 Å². The summed E-state index contributed by atoms with van der Waals surface area (Å²) in [6.07, 6.45) is 0.0485. The van der Waals surface area contributed by atoms with Crippen LogP contribution in [-0.4, -0.2) is 64.7 Å². The van der Waals surface area contributed by atoms with E-state index in [2.05, 4.69) is 0 Å². The highest BCUT2D eigenvalue weighted by atomic mass is 16.6. The Bertz CT molecular complexity index is 497. The zero-order valence-electron chi connectivity index (χ0n) is 14.5. The molecule has 2 aliphatic heterocycles. The Hall–Kier alpha value is -1.18. The molecule has 4 atom stereocenters. The van der Waals surface area contributed by atoms with Gasteiger partial charge >= 0.3 is 5.97 Å². The molecule has 2 heterocycles. The second kappa shape index (κ2) is 5.72. The van der Waals surface area contributed by atoms with Crippen molar-refractivity contribution in [1.29, 1.82) is 0 Å². The Morgan fingerprint density at radius 3 is 2.57 bits per heavy atom. The number of methoxy groups -OCH3 is 1. The number of hydrogen-bond donors (Lipinski definition) is 2. The molecule has 0 unspecified atom stereocenters. The van der Waals surface area contributed by atoms with E-state index in [-0.39, 0.29) is 19.1 Å². The third kappa shape index (κ3) is 2.37. The summed E-state index contributed by atoms with van der Waals surface area (Å²) in [7, 11) is 1.24. The predicted molar refractivity (Wildman–Crippen MR) is 81.2 cm³/mol. The fourth-order valence-corrected chi connectivity index (χ4v) is 3.80. The Labute approximate surface area is 136 Å². The molecule has 0 spiro atoms. The van der Waals surface area contributed by atoms with E-state index < -0.39 is 34.7 Å². The lowest BCUT2D eigenvalue weighted by Crippen LogP contribution is -2.64. The van der Waals surface area contributed by atoms with Crippen LogP contribution < -0.4 is 0 Å². The van der Waals surface area contributed by atoms with Crippen LogP contribution in [0.5, 0.6) is 0 Å². The Balaban J connectivity index is 2.54. The molecule has 0 radical (unpaired) electrons. The SMILES string of the molecule is COC(=O)[C@@]12CO[C@@H](C(C)(C)C)N1C(=O)[C@H](CCCO)[C@@]2(C)O. The maximum Gasteiger partial charge on any atom is 0.337 e. The molecule has 132 valence electrons. The Morgan fingerprint density at radius 2 is 2.09 bits per heavy atom. The van der Waals surface area contributed by atoms with Crippen LogP contribution in [0.15, 0.2) is 0 Å². The molecule has 2 aliphatic rings. The minimum Gasteiger partial charge on any atom is -0.467 e. The molecule has 0 saturated carbocycles. The maximum atomic E-state index is 13.0. The average molecular weight is 329 g/mol. The largest absolute Gasteiger partial charge is 0.467 e. The Kier molecular flexibility index (Phi) is 4.52. The fraction of sp³-hybridized carbons (Fsp3) is 0.875. The van der Waals surface area contributed by atoms with Crippen molar-refractivity contribution < 1.29 is 29.3 Å². The van der Waals surface area contributed by atoms with Crippen LogP contribution in [0.25, 0.3) is 0 Å². The smallest absolute Gasteiger partial charge is 0.337 e. The molecule has 7 nitrogen and oxygen atoms in total. The number of nitrogens with zero attached hydrogens (tertiary/aromatic N) is 1. The van der Waals surface area contributed by atoms with Gasteiger partial charge in [0.15, 0.2) is 5.54 Å². The monoisotopic (exact) mass is 329 g/mol. The molecule has 2 N–H and O–H groups in total. The van der Waals surface area contributed by atoms with Crippen molar-refractivity contribution in [2.75, 3.05) is 20.3 Å². The molecule has 2 saturated heterocycles. The Morgan fingerprint density at radius 1 is 1.48 bits per heavy atom. The number of aliphatic hydroxyl groups excluding tert-OH is 1. The summed E-state index contributed by atoms with van der Waals surface area (Å²) in [6.45, 7) is 7.04. The van der Waals surface area contributed by atoms with Gasteiger partial charge < -0.3 is 19.7 Å². The lowest BCUT2D eigenvalue weighted by atomic mass is 9.75. The van der Waals surface area contributed by atoms with Crippen molar-refractivity contribution >= 4 is 11.9 Å². The molecule has 0 bridgehead atoms. The average Bonchev–Trinajstić information content (AvgIpc) is 2.93. The number of esters is 1. The summed E-state index contributed by atoms with van der Waals surface area (Å²) in [5.41, 5.74) is -3.60. The van der Waals surface area contributed by atoms with Crippen molar-refractivity contribution in [3.05, 3.63) is 0 Å². The van der Waals surface area contributed by atoms with Gasteiger partial charge in [-0.1, -0.05) is 20.8 Å². The third-order valence-corrected chi connectivity index (χ3v) is 5.06. The highest BCUT2D eigenvalue weighted by molar-refractivity contribution is 5.96. The number of aliphatic hydroxyl groups is 2. The second-order valence-electron chi connectivity index (χ2n) is 7.66. The first-order chi connectivity index (χ1) is 10.6. The van der Waals surface area contributed by atoms with Gasteiger partial charge in [-0.25, -0.2) is 4.79 Å². The molecule has 0 aromatic carbocycles. The van der Waals surface area contributed by atoms with Gasteiger partial charge in [-0.2, -0.15) is 0 Å². The minimum atomic E-state index is -1.63. The topological polar surface area (TPSA) is 96.3 Å². The van der Waals surface area contributed by atoms with Gasteiger partial charge in [-0.05, 0) is 19.8 Å². The van der Waals surface area contributed by atoms with Crippen molar-refractivity contribution in [1.82, 2.24) is 4.90 Å². The van der Waals surface area contributed by atoms with E-state index in [1.54, 1.807) is 0 Å². The summed E-state index contributed by atoms with van der Waals surface area (Å²) in [5.74, 6) is -1.78. The highest BCUT2D eigenvalue weighted by Gasteiger charge is 2.75. The van der Waals surface area contributed by atoms with Crippen molar-refractivity contribution in [2.24, 2.45) is 11.3 Å². The molecule has 7 heteroatoms. The summed E-state index contributed by atoms with van der Waals surface area (Å²) in [4.78, 5) is 26.9. The normalized spacial score (nSPS) is 37.2. The lowest BCUT2D eigenvalue weighted by molar-refractivity contribution is -0.167. The fourth-order valence-electron chi connectivity index (χ4n) is 3.80. The first kappa shape index (κ1) is 18.2. The van der Waals surface area contributed by atoms with Crippen LogP contribution in [-0.2, 0) is 19.1 Å². The van der Waals surface area contributed by atoms with Gasteiger partial charge in [0.2, 0.25) is 5.91 Å². The number of rotatable bonds is 4. The van der Waals surface area contributed by atoms with Gasteiger partial charge in [0.25, 0.3) is 0 Å². The van der Waals surface area contributed by atoms with Gasteiger partial charge in [-0.15, -0.1) is 0 Å². The third-order valence-electron chi connectivity index (χ3n) is 5.06. The van der Waals surface area contributed by atoms with E-state index in [0.717, 1.165) is 0 Å². The molecular formula is C16H27NO6. The van der Waals surface area contributed by atoms with Crippen LogP contribution in [0.2, 0.25) is 0 Å². The zero-order valence-corrected chi connectivity index (χ0v) is 14.5. The number of ether oxygens (including phenoxy) is 2. The first-order valence-corrected chi connectivity index (χ1v) is 7.92. The van der Waals surface area contributed by atoms with Crippen LogP contribution in [0.4, 0.5) is 0 Å². The number of carbonyl (C=O) groups is 2. The number of carbonyl (C=O) groups excluding carboxylic acids is 2. The van der Waals surface area contributed by atoms with E-state index in [9.17, 15) is 14.7 Å². The molecule has 2 rings (SSSR count). The summed E-state index contributed by atoms with van der Waals surface area (Å²) in [6, 6.07) is 0. The van der Waals surface area contributed by atoms with Gasteiger partial charge in [0, 0.05) is 12.0 Å². The first-order valence-electron chi connectivity index (χ1n) is 7.92. The van der Waals surface area contributed by atoms with Crippen molar-refractivity contribution in [3.8, 4) is 0 Å². The minimum absolute atomic E-state index is 0.0791. The summed E-state index contributed by atoms with van der Waals surface area (Å²) >= 11 is 0. The van der Waals surface area contributed by atoms with E-state index in [1.807, 2.05) is 20.8 Å². The van der Waals surface area contributed by atoms with Crippen LogP contribution >= 0.6 is 0 Å². The number of hydrogen-bond acceptors (Lipinski definition) is 6. The molecule has 1 amide bonds. The summed E-state index contributed by atoms with van der Waals surface area (Å²) in [5, 5.41) is 20.2. The molecule has 2 fully saturated rings. The lowest BCUT2D eigenvalue weighted by Gasteiger charge is -2.40. The van der Waals surface area contributed by atoms with Gasteiger partial charge in [-0.3, -0.25) is 9.69 Å². The van der Waals surface area contributed by atoms with E-state index in [1.165, 1.54) is 18.9 Å². The quantitative estimate of drug-likeness (QED) is 0.719. The van der Waals surface area contributed by atoms with Crippen molar-refractivity contribution in [3.63, 3.8) is 0 Å². The standard InChI is InChI=1S/C16H27NO6/c1-14(2,3)12-17-11(19)10(7-6-8-18)15(4,21)16(17,9-23-12)13(20)22-5/h10,12,18,21H,6-9H2,1-5H3/t10-,12-,15+,16+/m0/s1. The number of fused-ring (bicyclic) bond motifs is 1. The summed E-state index contributed by atoms with van der Waals surface area (Å²) < 4.78 is 10.7. The van der Waals surface area contributed by atoms with Crippen molar-refractivity contribution in [2.45, 2.75) is 57.9 Å². The molecule has 0 aromatic heterocycles. The molecule has 0 aromatic rings. The molecular weight excluding hydrogens is 302 g/mol. The second-order valence-corrected chi connectivity index (χ2v) is 7.66. The molecule has 23 heavy (non-hydrogen) atoms. The zero-order chi connectivity index (χ0) is 17.6. The van der Waals surface area contributed by atoms with Crippen LogP contribution in [0, 0.1) is 11.3 Å². The molecule has 0 aliphatic carbocycles. The number of amides is 1. The van der Waals surface area contributed by atoms with Crippen LogP contribution in [0.3, 0.4) is 0 Å². The van der Waals surface area contributed by atoms with E-state index >= 15 is 0 Å². The predicted octanol–water partition coefficient (Wildman–Crippen LogP) is 0.283. The van der Waals surface area contributed by atoms with Gasteiger partial charge in [0.05, 0.1) is 19.6 Å². The van der Waals surface area contributed by atoms with Gasteiger partial charge in [0.1, 0.15) is 11.8 Å². The van der Waals surface area contributed by atoms with E-state index in [4.69, 9.17) is 14.6 Å². The van der Waals surface area contributed by atoms with Crippen LogP contribution in [0.1, 0.15) is 40.5 Å². The maximum absolute atomic E-state index is 13.0.